The molecule has 5 saturated heterocycles. The predicted molar refractivity (Wildman–Crippen MR) is 94.1 cm³/mol. The lowest BCUT2D eigenvalue weighted by Gasteiger charge is -2.54. The minimum atomic E-state index is -0.823. The van der Waals surface area contributed by atoms with Gasteiger partial charge in [-0.05, 0) is 46.5 Å². The van der Waals surface area contributed by atoms with Crippen molar-refractivity contribution in [1.29, 1.82) is 0 Å². The van der Waals surface area contributed by atoms with Crippen molar-refractivity contribution in [2.75, 3.05) is 6.54 Å². The summed E-state index contributed by atoms with van der Waals surface area (Å²) in [5.41, 5.74) is -0.728. The van der Waals surface area contributed by atoms with Crippen LogP contribution >= 0.6 is 0 Å². The minimum absolute atomic E-state index is 0.0117. The maximum Gasteiger partial charge on any atom is 0.417 e. The maximum atomic E-state index is 13.1. The van der Waals surface area contributed by atoms with Gasteiger partial charge in [0.05, 0.1) is 24.0 Å². The molecule has 7 heteroatoms. The molecule has 0 aromatic heterocycles. The molecule has 0 radical (unpaired) electrons. The Kier molecular flexibility index (Phi) is 5.03. The van der Waals surface area contributed by atoms with Crippen molar-refractivity contribution >= 4 is 17.9 Å². The molecule has 6 rings (SSSR count). The molecule has 3 amide bonds. The molecule has 6 aliphatic rings. The topological polar surface area (TPSA) is 87.2 Å². The number of aliphatic hydroxyl groups is 1. The van der Waals surface area contributed by atoms with Crippen LogP contribution in [0.4, 0.5) is 4.79 Å². The molecule has 0 aromatic carbocycles. The van der Waals surface area contributed by atoms with Crippen molar-refractivity contribution in [2.45, 2.75) is 83.6 Å². The van der Waals surface area contributed by atoms with Gasteiger partial charge in [-0.25, -0.2) is 9.69 Å². The molecule has 6 fully saturated rings. The fourth-order valence-electron chi connectivity index (χ4n) is 4.63. The Bertz CT molecular complexity index is 599. The zero-order valence-corrected chi connectivity index (χ0v) is 16.1. The number of hydrogen-bond donors (Lipinski definition) is 1. The average Bonchev–Trinajstić information content (AvgIpc) is 2.50. The Morgan fingerprint density at radius 1 is 1.19 bits per heavy atom. The second-order valence-corrected chi connectivity index (χ2v) is 8.72. The second kappa shape index (κ2) is 6.83. The average molecular weight is 366 g/mol. The molecule has 1 unspecified atom stereocenters. The van der Waals surface area contributed by atoms with Crippen LogP contribution in [0.25, 0.3) is 0 Å². The van der Waals surface area contributed by atoms with E-state index in [0.29, 0.717) is 19.4 Å². The Labute approximate surface area is 154 Å². The van der Waals surface area contributed by atoms with E-state index < -0.39 is 41.6 Å². The van der Waals surface area contributed by atoms with Crippen LogP contribution in [0.15, 0.2) is 0 Å². The van der Waals surface area contributed by atoms with Gasteiger partial charge in [0.2, 0.25) is 11.8 Å². The number of aliphatic hydroxyl groups excluding tert-OH is 1. The summed E-state index contributed by atoms with van der Waals surface area (Å²) < 4.78 is 5.43. The number of carbonyl (C=O) groups excluding carboxylic acids is 3. The molecule has 5 heterocycles. The number of unbranched alkanes of at least 4 members (excludes halogenated alkanes) is 1. The quantitative estimate of drug-likeness (QED) is 0.824. The van der Waals surface area contributed by atoms with Gasteiger partial charge in [0.25, 0.3) is 0 Å². The number of piperidine rings is 2. The Hall–Kier alpha value is -1.63. The van der Waals surface area contributed by atoms with E-state index >= 15 is 0 Å². The molecule has 0 spiro atoms. The van der Waals surface area contributed by atoms with E-state index in [1.54, 1.807) is 25.7 Å². The summed E-state index contributed by atoms with van der Waals surface area (Å²) in [7, 11) is 0. The van der Waals surface area contributed by atoms with Crippen LogP contribution in [-0.2, 0) is 14.3 Å². The molecule has 4 bridgehead atoms. The van der Waals surface area contributed by atoms with Crippen molar-refractivity contribution in [1.82, 2.24) is 9.80 Å². The van der Waals surface area contributed by atoms with Gasteiger partial charge in [0.15, 0.2) is 0 Å². The van der Waals surface area contributed by atoms with Crippen LogP contribution in [0.3, 0.4) is 0 Å². The molecule has 5 aliphatic heterocycles. The van der Waals surface area contributed by atoms with E-state index in [-0.39, 0.29) is 18.4 Å². The smallest absolute Gasteiger partial charge is 0.417 e. The Balaban J connectivity index is 1.95. The van der Waals surface area contributed by atoms with Crippen molar-refractivity contribution in [3.8, 4) is 0 Å². The summed E-state index contributed by atoms with van der Waals surface area (Å²) in [5, 5.41) is 10.6. The van der Waals surface area contributed by atoms with Gasteiger partial charge < -0.3 is 14.7 Å². The molecule has 26 heavy (non-hydrogen) atoms. The Morgan fingerprint density at radius 2 is 1.88 bits per heavy atom. The van der Waals surface area contributed by atoms with Gasteiger partial charge in [0, 0.05) is 12.6 Å². The van der Waals surface area contributed by atoms with Gasteiger partial charge in [-0.3, -0.25) is 9.59 Å². The van der Waals surface area contributed by atoms with E-state index in [2.05, 4.69) is 6.92 Å². The summed E-state index contributed by atoms with van der Waals surface area (Å²) in [6.07, 6.45) is 1.90. The maximum absolute atomic E-state index is 13.1. The molecular weight excluding hydrogens is 336 g/mol. The van der Waals surface area contributed by atoms with Crippen molar-refractivity contribution < 1.29 is 24.2 Å². The zero-order valence-electron chi connectivity index (χ0n) is 16.1. The molecule has 1 aliphatic carbocycles. The first kappa shape index (κ1) is 19.1. The number of hydrogen-bond acceptors (Lipinski definition) is 5. The summed E-state index contributed by atoms with van der Waals surface area (Å²) in [4.78, 5) is 41.8. The third-order valence-corrected chi connectivity index (χ3v) is 5.75. The zero-order chi connectivity index (χ0) is 19.2. The first-order valence-electron chi connectivity index (χ1n) is 9.70. The molecule has 5 atom stereocenters. The normalized spacial score (nSPS) is 34.1. The van der Waals surface area contributed by atoms with E-state index in [1.165, 1.54) is 0 Å². The molecule has 7 nitrogen and oxygen atoms in total. The largest absolute Gasteiger partial charge is 0.443 e. The SMILES string of the molecule is CCCCN1C(=O)[C@@H]2CC[C@H]1C1C(=O)N(C(=O)OC(C)(C)C)[C@@H]2C[C@H]1O. The number of ether oxygens (including phenoxy) is 1. The van der Waals surface area contributed by atoms with Gasteiger partial charge in [-0.1, -0.05) is 13.3 Å². The third-order valence-electron chi connectivity index (χ3n) is 5.75. The lowest BCUT2D eigenvalue weighted by atomic mass is 9.69. The van der Waals surface area contributed by atoms with E-state index in [1.807, 2.05) is 0 Å². The van der Waals surface area contributed by atoms with E-state index in [9.17, 15) is 19.5 Å². The molecule has 0 aromatic rings. The predicted octanol–water partition coefficient (Wildman–Crippen LogP) is 1.92. The summed E-state index contributed by atoms with van der Waals surface area (Å²) in [6.45, 7) is 7.90. The van der Waals surface area contributed by atoms with Crippen molar-refractivity contribution in [3.63, 3.8) is 0 Å². The van der Waals surface area contributed by atoms with Crippen LogP contribution in [-0.4, -0.2) is 63.1 Å². The van der Waals surface area contributed by atoms with E-state index in [4.69, 9.17) is 4.74 Å². The summed E-state index contributed by atoms with van der Waals surface area (Å²) >= 11 is 0. The lowest BCUT2D eigenvalue weighted by molar-refractivity contribution is -0.174. The minimum Gasteiger partial charge on any atom is -0.443 e. The molecule has 1 N–H and O–H groups in total. The van der Waals surface area contributed by atoms with Gasteiger partial charge in [0.1, 0.15) is 5.60 Å². The monoisotopic (exact) mass is 366 g/mol. The van der Waals surface area contributed by atoms with Gasteiger partial charge >= 0.3 is 6.09 Å². The number of imide groups is 1. The van der Waals surface area contributed by atoms with Crippen molar-refractivity contribution in [2.24, 2.45) is 11.8 Å². The highest BCUT2D eigenvalue weighted by molar-refractivity contribution is 5.97. The molecular formula is C19H30N2O5. The van der Waals surface area contributed by atoms with Crippen LogP contribution in [0.5, 0.6) is 0 Å². The van der Waals surface area contributed by atoms with Crippen LogP contribution in [0.2, 0.25) is 0 Å². The summed E-state index contributed by atoms with van der Waals surface area (Å²) in [6, 6.07) is -0.958. The van der Waals surface area contributed by atoms with Gasteiger partial charge in [-0.2, -0.15) is 0 Å². The van der Waals surface area contributed by atoms with Crippen LogP contribution in [0, 0.1) is 11.8 Å². The standard InChI is InChI=1S/C19H30N2O5/c1-5-6-9-20-12-8-7-11(16(20)23)13-10-14(22)15(12)17(24)21(13)18(25)26-19(2,3)4/h11-15,22H,5-10H2,1-4H3/t11-,12+,13-,14-,15?/m1/s1. The molecule has 1 saturated carbocycles. The first-order valence-corrected chi connectivity index (χ1v) is 9.70. The fraction of sp³-hybridized carbons (Fsp3) is 0.842. The fourth-order valence-corrected chi connectivity index (χ4v) is 4.63. The van der Waals surface area contributed by atoms with Crippen LogP contribution < -0.4 is 0 Å². The van der Waals surface area contributed by atoms with Crippen molar-refractivity contribution in [3.05, 3.63) is 0 Å². The van der Waals surface area contributed by atoms with E-state index in [0.717, 1.165) is 17.7 Å². The number of amides is 3. The number of rotatable bonds is 3. The second-order valence-electron chi connectivity index (χ2n) is 8.72. The highest BCUT2D eigenvalue weighted by Crippen LogP contribution is 2.44. The lowest BCUT2D eigenvalue weighted by Crippen LogP contribution is -2.70. The highest BCUT2D eigenvalue weighted by Gasteiger charge is 2.58. The third kappa shape index (κ3) is 3.21. The summed E-state index contributed by atoms with van der Waals surface area (Å²) in [5.74, 6) is -1.58. The first-order chi connectivity index (χ1) is 12.2. The molecule has 146 valence electrons. The number of nitrogens with zero attached hydrogens (tertiary/aromatic N) is 2. The van der Waals surface area contributed by atoms with Gasteiger partial charge in [-0.15, -0.1) is 0 Å². The Morgan fingerprint density at radius 3 is 2.50 bits per heavy atom. The highest BCUT2D eigenvalue weighted by atomic mass is 16.6. The number of carbonyl (C=O) groups is 3. The van der Waals surface area contributed by atoms with Crippen LogP contribution in [0.1, 0.15) is 59.8 Å².